The Hall–Kier alpha value is -2.91. The highest BCUT2D eigenvalue weighted by Gasteiger charge is 2.27. The smallest absolute Gasteiger partial charge is 0.178 e. The van der Waals surface area contributed by atoms with Gasteiger partial charge in [0.1, 0.15) is 18.1 Å². The quantitative estimate of drug-likeness (QED) is 0.448. The van der Waals surface area contributed by atoms with Gasteiger partial charge in [-0.05, 0) is 55.8 Å². The molecule has 0 saturated carbocycles. The summed E-state index contributed by atoms with van der Waals surface area (Å²) in [7, 11) is 2.17. The molecule has 1 saturated heterocycles. The van der Waals surface area contributed by atoms with Crippen molar-refractivity contribution in [1.82, 2.24) is 14.9 Å². The van der Waals surface area contributed by atoms with Gasteiger partial charge < -0.3 is 19.4 Å². The first-order chi connectivity index (χ1) is 18.4. The second-order valence-corrected chi connectivity index (χ2v) is 11.6. The number of aromatic nitrogens is 2. The predicted molar refractivity (Wildman–Crippen MR) is 149 cm³/mol. The molecule has 0 amide bonds. The normalized spacial score (nSPS) is 17.5. The Morgan fingerprint density at radius 2 is 1.76 bits per heavy atom. The average molecular weight is 538 g/mol. The van der Waals surface area contributed by atoms with Gasteiger partial charge in [0.15, 0.2) is 17.4 Å². The number of ether oxygens (including phenoxy) is 1. The summed E-state index contributed by atoms with van der Waals surface area (Å²) in [6.07, 6.45) is 1.72. The standard InChI is InChI=1S/C29H33F2N5OS/c1-18(2)36-10-11-37-29-23(30)12-20(13-26(29)36)28-24(31)15-32-27(33-28)14-19-4-5-25(22-17-38-16-21(19)22)35-8-6-34(3)7-9-35/h4-5,12-13,15,18H,6-11,14,16-17H2,1-3H3. The molecule has 2 aromatic carbocycles. The van der Waals surface area contributed by atoms with Gasteiger partial charge in [0, 0.05) is 61.4 Å². The topological polar surface area (TPSA) is 44.7 Å². The number of fused-ring (bicyclic) bond motifs is 2. The summed E-state index contributed by atoms with van der Waals surface area (Å²) < 4.78 is 35.7. The number of rotatable bonds is 5. The number of nitrogens with zero attached hydrogens (tertiary/aromatic N) is 5. The second kappa shape index (κ2) is 10.3. The van der Waals surface area contributed by atoms with Crippen LogP contribution in [0.5, 0.6) is 5.75 Å². The first-order valence-corrected chi connectivity index (χ1v) is 14.4. The van der Waals surface area contributed by atoms with Crippen molar-refractivity contribution < 1.29 is 13.5 Å². The van der Waals surface area contributed by atoms with E-state index in [2.05, 4.69) is 57.7 Å². The highest BCUT2D eigenvalue weighted by molar-refractivity contribution is 7.98. The summed E-state index contributed by atoms with van der Waals surface area (Å²) in [6, 6.07) is 7.67. The van der Waals surface area contributed by atoms with E-state index in [1.165, 1.54) is 34.6 Å². The third-order valence-electron chi connectivity index (χ3n) is 7.79. The monoisotopic (exact) mass is 537 g/mol. The highest BCUT2D eigenvalue weighted by Crippen LogP contribution is 2.41. The number of hydrogen-bond acceptors (Lipinski definition) is 7. The van der Waals surface area contributed by atoms with Crippen LogP contribution in [0.25, 0.3) is 11.3 Å². The van der Waals surface area contributed by atoms with Crippen molar-refractivity contribution in [3.8, 4) is 17.0 Å². The lowest BCUT2D eigenvalue weighted by Crippen LogP contribution is -2.44. The van der Waals surface area contributed by atoms with Crippen LogP contribution in [0.4, 0.5) is 20.2 Å². The van der Waals surface area contributed by atoms with E-state index in [1.54, 1.807) is 6.07 Å². The first-order valence-electron chi connectivity index (χ1n) is 13.3. The fraction of sp³-hybridized carbons (Fsp3) is 0.448. The van der Waals surface area contributed by atoms with E-state index in [1.807, 2.05) is 11.8 Å². The SMILES string of the molecule is CC(C)N1CCOc2c(F)cc(-c3nc(Cc4ccc(N5CCN(C)CC5)c5c4CSC5)ncc3F)cc21. The van der Waals surface area contributed by atoms with E-state index in [4.69, 9.17) is 4.74 Å². The minimum Gasteiger partial charge on any atom is -0.486 e. The predicted octanol–water partition coefficient (Wildman–Crippen LogP) is 5.12. The molecule has 4 heterocycles. The molecule has 3 aromatic rings. The van der Waals surface area contributed by atoms with Crippen LogP contribution in [0.2, 0.25) is 0 Å². The van der Waals surface area contributed by atoms with Crippen LogP contribution < -0.4 is 14.5 Å². The Labute approximate surface area is 227 Å². The molecule has 200 valence electrons. The number of anilines is 2. The molecule has 1 aromatic heterocycles. The lowest BCUT2D eigenvalue weighted by atomic mass is 9.98. The van der Waals surface area contributed by atoms with E-state index < -0.39 is 11.6 Å². The van der Waals surface area contributed by atoms with Crippen LogP contribution in [0, 0.1) is 11.6 Å². The minimum absolute atomic E-state index is 0.117. The van der Waals surface area contributed by atoms with Crippen LogP contribution in [0.15, 0.2) is 30.5 Å². The Morgan fingerprint density at radius 3 is 2.55 bits per heavy atom. The zero-order chi connectivity index (χ0) is 26.4. The van der Waals surface area contributed by atoms with Crippen molar-refractivity contribution in [2.75, 3.05) is 56.2 Å². The third kappa shape index (κ3) is 4.71. The molecule has 0 radical (unpaired) electrons. The van der Waals surface area contributed by atoms with Crippen molar-refractivity contribution in [1.29, 1.82) is 0 Å². The molecule has 6 nitrogen and oxygen atoms in total. The van der Waals surface area contributed by atoms with Crippen LogP contribution in [-0.4, -0.2) is 67.3 Å². The molecule has 0 atom stereocenters. The van der Waals surface area contributed by atoms with Gasteiger partial charge in [-0.1, -0.05) is 6.07 Å². The maximum atomic E-state index is 15.1. The van der Waals surface area contributed by atoms with Crippen LogP contribution in [0.3, 0.4) is 0 Å². The van der Waals surface area contributed by atoms with Crippen LogP contribution in [0.1, 0.15) is 36.4 Å². The molecule has 0 unspecified atom stereocenters. The molecule has 0 aliphatic carbocycles. The molecule has 3 aliphatic heterocycles. The Kier molecular flexibility index (Phi) is 6.90. The van der Waals surface area contributed by atoms with Gasteiger partial charge in [0.05, 0.1) is 18.4 Å². The second-order valence-electron chi connectivity index (χ2n) is 10.6. The number of benzene rings is 2. The molecule has 0 spiro atoms. The largest absolute Gasteiger partial charge is 0.486 e. The molecule has 0 N–H and O–H groups in total. The van der Waals surface area contributed by atoms with E-state index >= 15 is 8.78 Å². The lowest BCUT2D eigenvalue weighted by Gasteiger charge is -2.35. The van der Waals surface area contributed by atoms with E-state index in [-0.39, 0.29) is 17.5 Å². The molecule has 3 aliphatic rings. The molecular weight excluding hydrogens is 504 g/mol. The van der Waals surface area contributed by atoms with Crippen LogP contribution >= 0.6 is 11.8 Å². The summed E-state index contributed by atoms with van der Waals surface area (Å²) in [6.45, 7) is 9.38. The zero-order valence-electron chi connectivity index (χ0n) is 22.1. The number of thioether (sulfide) groups is 1. The molecule has 1 fully saturated rings. The number of halogens is 2. The molecular formula is C29H33F2N5OS. The summed E-state index contributed by atoms with van der Waals surface area (Å²) in [4.78, 5) is 15.9. The maximum absolute atomic E-state index is 15.1. The minimum atomic E-state index is -0.563. The van der Waals surface area contributed by atoms with E-state index in [0.717, 1.165) is 37.7 Å². The fourth-order valence-corrected chi connectivity index (χ4v) is 6.86. The van der Waals surface area contributed by atoms with Gasteiger partial charge in [-0.15, -0.1) is 0 Å². The Morgan fingerprint density at radius 1 is 0.974 bits per heavy atom. The van der Waals surface area contributed by atoms with E-state index in [0.29, 0.717) is 36.6 Å². The van der Waals surface area contributed by atoms with Crippen molar-refractivity contribution >= 4 is 23.1 Å². The lowest BCUT2D eigenvalue weighted by molar-refractivity contribution is 0.287. The van der Waals surface area contributed by atoms with Gasteiger partial charge in [-0.3, -0.25) is 0 Å². The summed E-state index contributed by atoms with van der Waals surface area (Å²) >= 11 is 1.93. The Balaban J connectivity index is 1.32. The van der Waals surface area contributed by atoms with Crippen molar-refractivity contribution in [2.24, 2.45) is 0 Å². The molecule has 0 bridgehead atoms. The first kappa shape index (κ1) is 25.4. The van der Waals surface area contributed by atoms with Crippen molar-refractivity contribution in [2.45, 2.75) is 37.8 Å². The zero-order valence-corrected chi connectivity index (χ0v) is 23.0. The van der Waals surface area contributed by atoms with Gasteiger partial charge in [-0.2, -0.15) is 11.8 Å². The summed E-state index contributed by atoms with van der Waals surface area (Å²) in [5.41, 5.74) is 6.42. The third-order valence-corrected chi connectivity index (χ3v) is 8.78. The van der Waals surface area contributed by atoms with Crippen molar-refractivity contribution in [3.05, 3.63) is 64.6 Å². The van der Waals surface area contributed by atoms with E-state index in [9.17, 15) is 0 Å². The average Bonchev–Trinajstić information content (AvgIpc) is 3.41. The van der Waals surface area contributed by atoms with Gasteiger partial charge >= 0.3 is 0 Å². The summed E-state index contributed by atoms with van der Waals surface area (Å²) in [5.74, 6) is 1.65. The van der Waals surface area contributed by atoms with Gasteiger partial charge in [-0.25, -0.2) is 18.7 Å². The molecule has 38 heavy (non-hydrogen) atoms. The van der Waals surface area contributed by atoms with Gasteiger partial charge in [0.25, 0.3) is 0 Å². The number of hydrogen-bond donors (Lipinski definition) is 0. The van der Waals surface area contributed by atoms with Gasteiger partial charge in [0.2, 0.25) is 0 Å². The highest BCUT2D eigenvalue weighted by atomic mass is 32.2. The molecule has 9 heteroatoms. The maximum Gasteiger partial charge on any atom is 0.178 e. The van der Waals surface area contributed by atoms with Crippen LogP contribution in [-0.2, 0) is 17.9 Å². The number of likely N-dealkylation sites (N-methyl/N-ethyl adjacent to an activating group) is 1. The summed E-state index contributed by atoms with van der Waals surface area (Å²) in [5, 5.41) is 0. The Bertz CT molecular complexity index is 1360. The molecule has 6 rings (SSSR count). The van der Waals surface area contributed by atoms with Crippen molar-refractivity contribution in [3.63, 3.8) is 0 Å². The fourth-order valence-electron chi connectivity index (χ4n) is 5.67. The number of piperazine rings is 1.